The topological polar surface area (TPSA) is 33.1 Å². The fourth-order valence-electron chi connectivity index (χ4n) is 3.59. The Labute approximate surface area is 120 Å². The van der Waals surface area contributed by atoms with E-state index in [1.165, 1.54) is 18.2 Å². The summed E-state index contributed by atoms with van der Waals surface area (Å²) in [5, 5.41) is 13.5. The molecule has 0 aliphatic heterocycles. The number of hydrogen-bond acceptors (Lipinski definition) is 2. The molecular formula is C18H23NO. The van der Waals surface area contributed by atoms with Crippen LogP contribution in [0.25, 0.3) is 10.8 Å². The monoisotopic (exact) mass is 269 g/mol. The Morgan fingerprint density at radius 1 is 1.25 bits per heavy atom. The average molecular weight is 269 g/mol. The molecular weight excluding hydrogens is 246 g/mol. The molecule has 2 aromatic rings. The van der Waals surface area contributed by atoms with Gasteiger partial charge in [-0.3, -0.25) is 4.98 Å². The van der Waals surface area contributed by atoms with Crippen LogP contribution in [0.4, 0.5) is 0 Å². The number of pyridine rings is 1. The molecule has 1 heterocycles. The van der Waals surface area contributed by atoms with Gasteiger partial charge in [-0.15, -0.1) is 0 Å². The Kier molecular flexibility index (Phi) is 3.75. The SMILES string of the molecule is CCC1CCCC(O)(c2cccc3ccncc23)CC1. The molecule has 0 spiro atoms. The quantitative estimate of drug-likeness (QED) is 0.819. The molecule has 2 heteroatoms. The smallest absolute Gasteiger partial charge is 0.0903 e. The fourth-order valence-corrected chi connectivity index (χ4v) is 3.59. The zero-order valence-electron chi connectivity index (χ0n) is 12.2. The van der Waals surface area contributed by atoms with E-state index in [-0.39, 0.29) is 0 Å². The van der Waals surface area contributed by atoms with Gasteiger partial charge in [-0.25, -0.2) is 0 Å². The normalized spacial score (nSPS) is 27.4. The van der Waals surface area contributed by atoms with E-state index in [4.69, 9.17) is 0 Å². The van der Waals surface area contributed by atoms with Crippen molar-refractivity contribution < 1.29 is 5.11 Å². The molecule has 1 aromatic carbocycles. The number of benzene rings is 1. The van der Waals surface area contributed by atoms with Crippen molar-refractivity contribution in [3.05, 3.63) is 42.2 Å². The van der Waals surface area contributed by atoms with Crippen molar-refractivity contribution in [1.82, 2.24) is 4.98 Å². The maximum absolute atomic E-state index is 11.2. The van der Waals surface area contributed by atoms with Crippen molar-refractivity contribution in [2.45, 2.75) is 51.0 Å². The van der Waals surface area contributed by atoms with E-state index in [9.17, 15) is 5.11 Å². The number of fused-ring (bicyclic) bond motifs is 1. The molecule has 1 aromatic heterocycles. The highest BCUT2D eigenvalue weighted by molar-refractivity contribution is 5.85. The first-order chi connectivity index (χ1) is 9.73. The van der Waals surface area contributed by atoms with Crippen LogP contribution < -0.4 is 0 Å². The molecule has 1 N–H and O–H groups in total. The zero-order chi connectivity index (χ0) is 14.0. The summed E-state index contributed by atoms with van der Waals surface area (Å²) in [6, 6.07) is 8.25. The minimum Gasteiger partial charge on any atom is -0.385 e. The minimum absolute atomic E-state index is 0.674. The van der Waals surface area contributed by atoms with Crippen LogP contribution in [0, 0.1) is 5.92 Å². The molecule has 0 radical (unpaired) electrons. The molecule has 106 valence electrons. The summed E-state index contributed by atoms with van der Waals surface area (Å²) in [5.41, 5.74) is 0.395. The summed E-state index contributed by atoms with van der Waals surface area (Å²) in [7, 11) is 0. The number of rotatable bonds is 2. The van der Waals surface area contributed by atoms with E-state index in [2.05, 4.69) is 30.1 Å². The lowest BCUT2D eigenvalue weighted by atomic mass is 9.83. The highest BCUT2D eigenvalue weighted by atomic mass is 16.3. The van der Waals surface area contributed by atoms with Crippen molar-refractivity contribution in [2.75, 3.05) is 0 Å². The second-order valence-corrected chi connectivity index (χ2v) is 6.14. The van der Waals surface area contributed by atoms with Crippen LogP contribution in [0.2, 0.25) is 0 Å². The van der Waals surface area contributed by atoms with Gasteiger partial charge in [0.15, 0.2) is 0 Å². The molecule has 2 atom stereocenters. The Morgan fingerprint density at radius 3 is 3.00 bits per heavy atom. The predicted molar refractivity (Wildman–Crippen MR) is 82.5 cm³/mol. The molecule has 1 aliphatic rings. The third-order valence-electron chi connectivity index (χ3n) is 4.93. The van der Waals surface area contributed by atoms with Gasteiger partial charge in [0, 0.05) is 17.8 Å². The van der Waals surface area contributed by atoms with Crippen LogP contribution in [0.1, 0.15) is 51.0 Å². The summed E-state index contributed by atoms with van der Waals surface area (Å²) in [5.74, 6) is 0.775. The minimum atomic E-state index is -0.674. The molecule has 2 nitrogen and oxygen atoms in total. The lowest BCUT2D eigenvalue weighted by Crippen LogP contribution is -2.25. The zero-order valence-corrected chi connectivity index (χ0v) is 12.2. The first-order valence-corrected chi connectivity index (χ1v) is 7.78. The molecule has 0 amide bonds. The Balaban J connectivity index is 2.01. The third kappa shape index (κ3) is 2.45. The lowest BCUT2D eigenvalue weighted by Gasteiger charge is -2.28. The number of aliphatic hydroxyl groups is 1. The highest BCUT2D eigenvalue weighted by Crippen LogP contribution is 2.40. The maximum atomic E-state index is 11.2. The van der Waals surface area contributed by atoms with E-state index in [1.54, 1.807) is 0 Å². The van der Waals surface area contributed by atoms with Crippen molar-refractivity contribution in [3.8, 4) is 0 Å². The summed E-state index contributed by atoms with van der Waals surface area (Å²) in [4.78, 5) is 4.24. The van der Waals surface area contributed by atoms with E-state index in [0.29, 0.717) is 0 Å². The van der Waals surface area contributed by atoms with Crippen molar-refractivity contribution in [1.29, 1.82) is 0 Å². The van der Waals surface area contributed by atoms with Gasteiger partial charge in [-0.2, -0.15) is 0 Å². The van der Waals surface area contributed by atoms with Crippen LogP contribution in [0.3, 0.4) is 0 Å². The number of aromatic nitrogens is 1. The van der Waals surface area contributed by atoms with Gasteiger partial charge in [0.2, 0.25) is 0 Å². The van der Waals surface area contributed by atoms with E-state index < -0.39 is 5.60 Å². The first kappa shape index (κ1) is 13.6. The number of nitrogens with zero attached hydrogens (tertiary/aromatic N) is 1. The number of hydrogen-bond donors (Lipinski definition) is 1. The van der Waals surface area contributed by atoms with Crippen molar-refractivity contribution >= 4 is 10.8 Å². The van der Waals surface area contributed by atoms with Gasteiger partial charge in [0.25, 0.3) is 0 Å². The summed E-state index contributed by atoms with van der Waals surface area (Å²) >= 11 is 0. The Bertz CT molecular complexity index is 589. The van der Waals surface area contributed by atoms with E-state index >= 15 is 0 Å². The second-order valence-electron chi connectivity index (χ2n) is 6.14. The van der Waals surface area contributed by atoms with Crippen LogP contribution in [0.5, 0.6) is 0 Å². The molecule has 1 fully saturated rings. The van der Waals surface area contributed by atoms with Crippen molar-refractivity contribution in [2.24, 2.45) is 5.92 Å². The van der Waals surface area contributed by atoms with Crippen LogP contribution in [0.15, 0.2) is 36.7 Å². The Hall–Kier alpha value is -1.41. The van der Waals surface area contributed by atoms with Crippen LogP contribution in [-0.4, -0.2) is 10.1 Å². The summed E-state index contributed by atoms with van der Waals surface area (Å²) < 4.78 is 0. The van der Waals surface area contributed by atoms with Crippen molar-refractivity contribution in [3.63, 3.8) is 0 Å². The molecule has 3 rings (SSSR count). The van der Waals surface area contributed by atoms with Gasteiger partial charge in [0.1, 0.15) is 0 Å². The Morgan fingerprint density at radius 2 is 2.15 bits per heavy atom. The molecule has 0 saturated heterocycles. The second kappa shape index (κ2) is 5.53. The first-order valence-electron chi connectivity index (χ1n) is 7.78. The third-order valence-corrected chi connectivity index (χ3v) is 4.93. The maximum Gasteiger partial charge on any atom is 0.0903 e. The molecule has 0 bridgehead atoms. The van der Waals surface area contributed by atoms with E-state index in [1.807, 2.05) is 18.5 Å². The predicted octanol–water partition coefficient (Wildman–Crippen LogP) is 4.41. The fraction of sp³-hybridized carbons (Fsp3) is 0.500. The van der Waals surface area contributed by atoms with Gasteiger partial charge >= 0.3 is 0 Å². The average Bonchev–Trinajstić information content (AvgIpc) is 2.69. The summed E-state index contributed by atoms with van der Waals surface area (Å²) in [6.07, 6.45) is 10.2. The summed E-state index contributed by atoms with van der Waals surface area (Å²) in [6.45, 7) is 2.26. The molecule has 1 saturated carbocycles. The van der Waals surface area contributed by atoms with Crippen LogP contribution >= 0.6 is 0 Å². The van der Waals surface area contributed by atoms with Gasteiger partial charge in [-0.1, -0.05) is 38.0 Å². The molecule has 1 aliphatic carbocycles. The van der Waals surface area contributed by atoms with Gasteiger partial charge in [-0.05, 0) is 48.6 Å². The lowest BCUT2D eigenvalue weighted by molar-refractivity contribution is 0.0211. The van der Waals surface area contributed by atoms with Gasteiger partial charge < -0.3 is 5.11 Å². The van der Waals surface area contributed by atoms with Gasteiger partial charge in [0.05, 0.1) is 5.60 Å². The molecule has 2 unspecified atom stereocenters. The largest absolute Gasteiger partial charge is 0.385 e. The van der Waals surface area contributed by atoms with E-state index in [0.717, 1.165) is 42.6 Å². The molecule has 20 heavy (non-hydrogen) atoms. The highest BCUT2D eigenvalue weighted by Gasteiger charge is 2.33. The standard InChI is InChI=1S/C18H23NO/c1-2-14-5-4-10-18(20,11-8-14)17-7-3-6-15-9-12-19-13-16(15)17/h3,6-7,9,12-14,20H,2,4-5,8,10-11H2,1H3. The van der Waals surface area contributed by atoms with Crippen LogP contribution in [-0.2, 0) is 5.60 Å².